The molecule has 0 saturated heterocycles. The Balaban J connectivity index is 1.38. The van der Waals surface area contributed by atoms with Crippen LogP contribution in [0.3, 0.4) is 0 Å². The van der Waals surface area contributed by atoms with Crippen molar-refractivity contribution < 1.29 is 4.79 Å². The highest BCUT2D eigenvalue weighted by Crippen LogP contribution is 2.59. The number of anilines is 1. The first kappa shape index (κ1) is 15.6. The van der Waals surface area contributed by atoms with Crippen molar-refractivity contribution in [2.24, 2.45) is 17.1 Å². The first-order valence-corrected chi connectivity index (χ1v) is 9.26. The normalized spacial score (nSPS) is 23.4. The largest absolute Gasteiger partial charge is 0.327 e. The van der Waals surface area contributed by atoms with Gasteiger partial charge in [-0.2, -0.15) is 0 Å². The second kappa shape index (κ2) is 5.68. The van der Waals surface area contributed by atoms with E-state index in [-0.39, 0.29) is 23.3 Å². The fourth-order valence-electron chi connectivity index (χ4n) is 4.61. The zero-order chi connectivity index (χ0) is 17.7. The van der Waals surface area contributed by atoms with Gasteiger partial charge >= 0.3 is 0 Å². The second-order valence-corrected chi connectivity index (χ2v) is 7.62. The van der Waals surface area contributed by atoms with Gasteiger partial charge in [-0.25, -0.2) is 4.98 Å². The molecular formula is C21H22N4O. The van der Waals surface area contributed by atoms with Crippen molar-refractivity contribution in [3.05, 3.63) is 54.9 Å². The van der Waals surface area contributed by atoms with Gasteiger partial charge in [-0.05, 0) is 55.0 Å². The van der Waals surface area contributed by atoms with Gasteiger partial charge in [0.25, 0.3) is 0 Å². The molecule has 5 rings (SSSR count). The van der Waals surface area contributed by atoms with Crippen LogP contribution >= 0.6 is 0 Å². The Kier molecular flexibility index (Phi) is 3.40. The lowest BCUT2D eigenvalue weighted by atomic mass is 9.47. The van der Waals surface area contributed by atoms with Gasteiger partial charge in [0, 0.05) is 23.3 Å². The van der Waals surface area contributed by atoms with E-state index in [1.54, 1.807) is 0 Å². The average molecular weight is 346 g/mol. The molecule has 1 spiro atoms. The summed E-state index contributed by atoms with van der Waals surface area (Å²) in [5, 5.41) is 3.09. The van der Waals surface area contributed by atoms with E-state index >= 15 is 0 Å². The number of para-hydroxylation sites is 1. The summed E-state index contributed by atoms with van der Waals surface area (Å²) < 4.78 is 2.05. The summed E-state index contributed by atoms with van der Waals surface area (Å²) in [5.41, 5.74) is 10.0. The maximum atomic E-state index is 12.7. The number of hydrogen-bond acceptors (Lipinski definition) is 3. The van der Waals surface area contributed by atoms with Crippen molar-refractivity contribution >= 4 is 22.6 Å². The number of imidazole rings is 1. The van der Waals surface area contributed by atoms with Crippen LogP contribution in [-0.2, 0) is 4.79 Å². The lowest BCUT2D eigenvalue weighted by Gasteiger charge is -2.59. The molecule has 2 aromatic carbocycles. The van der Waals surface area contributed by atoms with Crippen LogP contribution in [0.15, 0.2) is 54.9 Å². The predicted molar refractivity (Wildman–Crippen MR) is 102 cm³/mol. The fourth-order valence-corrected chi connectivity index (χ4v) is 4.61. The van der Waals surface area contributed by atoms with Gasteiger partial charge in [0.1, 0.15) is 6.33 Å². The molecule has 0 radical (unpaired) electrons. The summed E-state index contributed by atoms with van der Waals surface area (Å²) in [6.07, 6.45) is 6.00. The minimum atomic E-state index is 0.0591. The monoisotopic (exact) mass is 346 g/mol. The molecular weight excluding hydrogens is 324 g/mol. The molecule has 1 amide bonds. The third kappa shape index (κ3) is 2.20. The SMILES string of the molecule is NC1CC(C(=O)Nc2ccc3c(c2)ncn3-c2ccccc2)C12CCC2. The van der Waals surface area contributed by atoms with Crippen molar-refractivity contribution in [1.82, 2.24) is 9.55 Å². The van der Waals surface area contributed by atoms with Crippen molar-refractivity contribution in [2.45, 2.75) is 31.7 Å². The van der Waals surface area contributed by atoms with Crippen LogP contribution in [0.4, 0.5) is 5.69 Å². The zero-order valence-corrected chi connectivity index (χ0v) is 14.6. The molecule has 2 unspecified atom stereocenters. The molecule has 0 bridgehead atoms. The molecule has 2 atom stereocenters. The summed E-state index contributed by atoms with van der Waals surface area (Å²) in [7, 11) is 0. The molecule has 5 nitrogen and oxygen atoms in total. The van der Waals surface area contributed by atoms with Crippen molar-refractivity contribution in [3.63, 3.8) is 0 Å². The minimum absolute atomic E-state index is 0.0591. The maximum absolute atomic E-state index is 12.7. The minimum Gasteiger partial charge on any atom is -0.327 e. The van der Waals surface area contributed by atoms with E-state index in [9.17, 15) is 4.79 Å². The molecule has 3 N–H and O–H groups in total. The van der Waals surface area contributed by atoms with E-state index in [2.05, 4.69) is 27.0 Å². The van der Waals surface area contributed by atoms with Gasteiger partial charge in [-0.1, -0.05) is 24.6 Å². The summed E-state index contributed by atoms with van der Waals surface area (Å²) >= 11 is 0. The van der Waals surface area contributed by atoms with Crippen LogP contribution in [0.2, 0.25) is 0 Å². The Morgan fingerprint density at radius 3 is 2.69 bits per heavy atom. The molecule has 2 saturated carbocycles. The van der Waals surface area contributed by atoms with Gasteiger partial charge in [0.05, 0.1) is 11.0 Å². The first-order valence-electron chi connectivity index (χ1n) is 9.26. The predicted octanol–water partition coefficient (Wildman–Crippen LogP) is 3.48. The summed E-state index contributed by atoms with van der Waals surface area (Å²) in [5.74, 6) is 0.164. The highest BCUT2D eigenvalue weighted by atomic mass is 16.2. The van der Waals surface area contributed by atoms with Crippen LogP contribution in [0.1, 0.15) is 25.7 Å². The molecule has 0 aliphatic heterocycles. The van der Waals surface area contributed by atoms with Crippen LogP contribution in [0, 0.1) is 11.3 Å². The highest BCUT2D eigenvalue weighted by molar-refractivity contribution is 5.96. The van der Waals surface area contributed by atoms with Gasteiger partial charge in [0.2, 0.25) is 5.91 Å². The number of nitrogens with two attached hydrogens (primary N) is 1. The maximum Gasteiger partial charge on any atom is 0.228 e. The lowest BCUT2D eigenvalue weighted by Crippen LogP contribution is -2.64. The van der Waals surface area contributed by atoms with E-state index in [1.807, 2.05) is 42.7 Å². The Morgan fingerprint density at radius 2 is 2.00 bits per heavy atom. The fraction of sp³-hybridized carbons (Fsp3) is 0.333. The Bertz CT molecular complexity index is 974. The van der Waals surface area contributed by atoms with E-state index < -0.39 is 0 Å². The molecule has 1 aromatic heterocycles. The molecule has 1 heterocycles. The van der Waals surface area contributed by atoms with E-state index in [4.69, 9.17) is 5.73 Å². The third-order valence-electron chi connectivity index (χ3n) is 6.37. The van der Waals surface area contributed by atoms with Gasteiger partial charge in [-0.15, -0.1) is 0 Å². The number of hydrogen-bond donors (Lipinski definition) is 2. The zero-order valence-electron chi connectivity index (χ0n) is 14.6. The van der Waals surface area contributed by atoms with Crippen molar-refractivity contribution in [1.29, 1.82) is 0 Å². The highest BCUT2D eigenvalue weighted by Gasteiger charge is 2.59. The van der Waals surface area contributed by atoms with Crippen LogP contribution in [0.25, 0.3) is 16.7 Å². The van der Waals surface area contributed by atoms with Gasteiger partial charge in [0.15, 0.2) is 0 Å². The first-order chi connectivity index (χ1) is 12.7. The number of nitrogens with zero attached hydrogens (tertiary/aromatic N) is 2. The molecule has 2 aliphatic rings. The number of aromatic nitrogens is 2. The van der Waals surface area contributed by atoms with Crippen LogP contribution < -0.4 is 11.1 Å². The number of nitrogens with one attached hydrogen (secondary N) is 1. The Hall–Kier alpha value is -2.66. The number of benzene rings is 2. The summed E-state index contributed by atoms with van der Waals surface area (Å²) in [6.45, 7) is 0. The van der Waals surface area contributed by atoms with E-state index in [1.165, 1.54) is 6.42 Å². The molecule has 26 heavy (non-hydrogen) atoms. The number of carbonyl (C=O) groups is 1. The van der Waals surface area contributed by atoms with E-state index in [0.29, 0.717) is 0 Å². The van der Waals surface area contributed by atoms with Crippen molar-refractivity contribution in [2.75, 3.05) is 5.32 Å². The van der Waals surface area contributed by atoms with Crippen LogP contribution in [-0.4, -0.2) is 21.5 Å². The molecule has 2 aliphatic carbocycles. The number of amides is 1. The molecule has 132 valence electrons. The molecule has 5 heteroatoms. The van der Waals surface area contributed by atoms with Gasteiger partial charge in [-0.3, -0.25) is 9.36 Å². The molecule has 3 aromatic rings. The van der Waals surface area contributed by atoms with Gasteiger partial charge < -0.3 is 11.1 Å². The smallest absolute Gasteiger partial charge is 0.228 e. The average Bonchev–Trinajstić information content (AvgIpc) is 3.02. The summed E-state index contributed by atoms with van der Waals surface area (Å²) in [6, 6.07) is 16.2. The molecule has 2 fully saturated rings. The van der Waals surface area contributed by atoms with Crippen molar-refractivity contribution in [3.8, 4) is 5.69 Å². The number of carbonyl (C=O) groups excluding carboxylic acids is 1. The number of rotatable bonds is 3. The lowest BCUT2D eigenvalue weighted by molar-refractivity contribution is -0.141. The third-order valence-corrected chi connectivity index (χ3v) is 6.37. The topological polar surface area (TPSA) is 72.9 Å². The Morgan fingerprint density at radius 1 is 1.19 bits per heavy atom. The summed E-state index contributed by atoms with van der Waals surface area (Å²) in [4.78, 5) is 17.2. The standard InChI is InChI=1S/C21H22N4O/c22-19-12-16(21(19)9-4-10-21)20(26)24-14-7-8-18-17(11-14)23-13-25(18)15-5-2-1-3-6-15/h1-3,5-8,11,13,16,19H,4,9-10,12,22H2,(H,24,26). The Labute approximate surface area is 152 Å². The van der Waals surface area contributed by atoms with Crippen LogP contribution in [0.5, 0.6) is 0 Å². The second-order valence-electron chi connectivity index (χ2n) is 7.62. The van der Waals surface area contributed by atoms with E-state index in [0.717, 1.165) is 41.7 Å². The number of fused-ring (bicyclic) bond motifs is 1. The quantitative estimate of drug-likeness (QED) is 0.762.